The van der Waals surface area contributed by atoms with Crippen LogP contribution >= 0.6 is 55.1 Å². The Morgan fingerprint density at radius 3 is 1.41 bits per heavy atom. The van der Waals surface area contributed by atoms with E-state index >= 15 is 0 Å². The molecule has 2 aromatic carbocycles. The molecule has 0 N–H and O–H groups in total. The highest BCUT2D eigenvalue weighted by molar-refractivity contribution is 9.10. The monoisotopic (exact) mass is 626 g/mol. The highest BCUT2D eigenvalue weighted by atomic mass is 79.9. The molecule has 2 rings (SSSR count). The molecule has 0 aliphatic heterocycles. The third-order valence-electron chi connectivity index (χ3n) is 4.67. The minimum Gasteiger partial charge on any atom is -0.300 e. The second kappa shape index (κ2) is 11.1. The van der Waals surface area contributed by atoms with Crippen LogP contribution in [0.25, 0.3) is 0 Å². The van der Waals surface area contributed by atoms with Crippen molar-refractivity contribution >= 4 is 60.8 Å². The van der Waals surface area contributed by atoms with Crippen LogP contribution < -0.4 is 0 Å². The van der Waals surface area contributed by atoms with Crippen LogP contribution in [0, 0.1) is 0 Å². The Balaban J connectivity index is 1.99. The largest absolute Gasteiger partial charge is 0.416 e. The van der Waals surface area contributed by atoms with E-state index in [2.05, 4.69) is 31.9 Å². The maximum atomic E-state index is 13.3. The van der Waals surface area contributed by atoms with Gasteiger partial charge in [-0.25, -0.2) is 0 Å². The summed E-state index contributed by atoms with van der Waals surface area (Å²) in [6.07, 6.45) is -9.57. The molecule has 11 heteroatoms. The average molecular weight is 629 g/mol. The van der Waals surface area contributed by atoms with Crippen molar-refractivity contribution in [2.24, 2.45) is 0 Å². The lowest BCUT2D eigenvalue weighted by Gasteiger charge is -2.18. The van der Waals surface area contributed by atoms with Crippen LogP contribution in [0.2, 0.25) is 0 Å². The normalized spacial score (nSPS) is 14.3. The number of hydrogen-bond acceptors (Lipinski definition) is 1. The fraction of sp³-hybridized carbons (Fsp3) is 0.381. The van der Waals surface area contributed by atoms with Gasteiger partial charge in [-0.2, -0.15) is 26.3 Å². The van der Waals surface area contributed by atoms with E-state index in [1.165, 1.54) is 24.3 Å². The van der Waals surface area contributed by atoms with E-state index in [1.54, 1.807) is 0 Å². The Morgan fingerprint density at radius 1 is 0.750 bits per heavy atom. The highest BCUT2D eigenvalue weighted by Crippen LogP contribution is 2.41. The Kier molecular flexibility index (Phi) is 9.53. The third kappa shape index (κ3) is 7.64. The van der Waals surface area contributed by atoms with E-state index in [0.717, 1.165) is 12.1 Å². The summed E-state index contributed by atoms with van der Waals surface area (Å²) in [5.74, 6) is -0.349. The molecule has 2 unspecified atom stereocenters. The number of carbonyl (C=O) groups is 1. The van der Waals surface area contributed by atoms with Gasteiger partial charge in [0.2, 0.25) is 0 Å². The van der Waals surface area contributed by atoms with Crippen molar-refractivity contribution in [3.63, 3.8) is 0 Å². The van der Waals surface area contributed by atoms with Crippen LogP contribution in [0.1, 0.15) is 58.7 Å². The second-order valence-electron chi connectivity index (χ2n) is 7.01. The van der Waals surface area contributed by atoms with E-state index in [0.29, 0.717) is 0 Å². The van der Waals surface area contributed by atoms with E-state index in [-0.39, 0.29) is 51.5 Å². The van der Waals surface area contributed by atoms with Gasteiger partial charge in [0.15, 0.2) is 0 Å². The SMILES string of the molecule is O=C(CCC(Cl)c1ccc(Br)cc1C(F)(F)F)CCC(Cl)c1ccc(Br)cc1C(F)(F)F. The molecule has 0 fully saturated rings. The smallest absolute Gasteiger partial charge is 0.300 e. The van der Waals surface area contributed by atoms with Gasteiger partial charge in [-0.1, -0.05) is 44.0 Å². The molecule has 2 atom stereocenters. The Labute approximate surface area is 207 Å². The fourth-order valence-electron chi connectivity index (χ4n) is 3.11. The van der Waals surface area contributed by atoms with Crippen molar-refractivity contribution in [2.45, 2.75) is 48.8 Å². The predicted molar refractivity (Wildman–Crippen MR) is 119 cm³/mol. The zero-order chi connectivity index (χ0) is 24.3. The van der Waals surface area contributed by atoms with Crippen LogP contribution in [0.5, 0.6) is 0 Å². The van der Waals surface area contributed by atoms with Crippen molar-refractivity contribution in [3.8, 4) is 0 Å². The molecule has 0 radical (unpaired) electrons. The van der Waals surface area contributed by atoms with Crippen molar-refractivity contribution < 1.29 is 31.1 Å². The maximum Gasteiger partial charge on any atom is 0.416 e. The summed E-state index contributed by atoms with van der Waals surface area (Å²) in [6.45, 7) is 0. The molecule has 2 aromatic rings. The molecular weight excluding hydrogens is 613 g/mol. The molecule has 0 spiro atoms. The van der Waals surface area contributed by atoms with Gasteiger partial charge < -0.3 is 0 Å². The number of benzene rings is 2. The van der Waals surface area contributed by atoms with Gasteiger partial charge in [0.05, 0.1) is 21.9 Å². The average Bonchev–Trinajstić information content (AvgIpc) is 2.68. The first kappa shape index (κ1) is 27.5. The molecule has 0 bridgehead atoms. The first-order chi connectivity index (χ1) is 14.7. The van der Waals surface area contributed by atoms with Gasteiger partial charge >= 0.3 is 12.4 Å². The van der Waals surface area contributed by atoms with E-state index in [9.17, 15) is 31.1 Å². The number of carbonyl (C=O) groups excluding carboxylic acids is 1. The minimum atomic E-state index is -4.61. The molecule has 0 amide bonds. The molecule has 0 saturated carbocycles. The standard InChI is InChI=1S/C21H16Br2Cl2F6O/c22-11-1-5-14(16(9-11)20(26,27)28)18(24)7-3-13(32)4-8-19(25)15-6-2-12(23)10-17(15)21(29,30)31/h1-2,5-6,9-10,18-19H,3-4,7-8H2. The van der Waals surface area contributed by atoms with Crippen molar-refractivity contribution in [1.29, 1.82) is 0 Å². The zero-order valence-corrected chi connectivity index (χ0v) is 20.8. The number of Topliss-reactive ketones (excluding diaryl/α,β-unsaturated/α-hetero) is 1. The lowest BCUT2D eigenvalue weighted by molar-refractivity contribution is -0.139. The van der Waals surface area contributed by atoms with Crippen LogP contribution in [0.3, 0.4) is 0 Å². The Bertz CT molecular complexity index is 887. The van der Waals surface area contributed by atoms with Crippen LogP contribution in [-0.2, 0) is 17.1 Å². The van der Waals surface area contributed by atoms with Crippen LogP contribution in [-0.4, -0.2) is 5.78 Å². The molecule has 0 aliphatic rings. The van der Waals surface area contributed by atoms with Gasteiger partial charge in [0.25, 0.3) is 0 Å². The summed E-state index contributed by atoms with van der Waals surface area (Å²) < 4.78 is 80.0. The molecule has 0 heterocycles. The lowest BCUT2D eigenvalue weighted by atomic mass is 9.97. The number of ketones is 1. The van der Waals surface area contributed by atoms with Gasteiger partial charge in [-0.05, 0) is 48.2 Å². The first-order valence-electron chi connectivity index (χ1n) is 9.23. The summed E-state index contributed by atoms with van der Waals surface area (Å²) in [5, 5.41) is -2.11. The molecule has 32 heavy (non-hydrogen) atoms. The number of alkyl halides is 8. The lowest BCUT2D eigenvalue weighted by Crippen LogP contribution is -2.12. The zero-order valence-electron chi connectivity index (χ0n) is 16.1. The molecule has 1 nitrogen and oxygen atoms in total. The summed E-state index contributed by atoms with van der Waals surface area (Å²) in [6, 6.07) is 7.18. The maximum absolute atomic E-state index is 13.3. The minimum absolute atomic E-state index is 0.0514. The molecular formula is C21H16Br2Cl2F6O. The van der Waals surface area contributed by atoms with Crippen molar-refractivity contribution in [2.75, 3.05) is 0 Å². The van der Waals surface area contributed by atoms with Crippen LogP contribution in [0.15, 0.2) is 45.3 Å². The van der Waals surface area contributed by atoms with Gasteiger partial charge in [0.1, 0.15) is 5.78 Å². The van der Waals surface area contributed by atoms with Gasteiger partial charge in [-0.3, -0.25) is 4.79 Å². The molecule has 0 saturated heterocycles. The number of halogens is 10. The second-order valence-corrected chi connectivity index (χ2v) is 9.89. The summed E-state index contributed by atoms with van der Waals surface area (Å²) in [5.41, 5.74) is -2.07. The van der Waals surface area contributed by atoms with Gasteiger partial charge in [0, 0.05) is 21.8 Å². The Morgan fingerprint density at radius 2 is 1.09 bits per heavy atom. The van der Waals surface area contributed by atoms with Crippen molar-refractivity contribution in [1.82, 2.24) is 0 Å². The quantitative estimate of drug-likeness (QED) is 0.210. The fourth-order valence-corrected chi connectivity index (χ4v) is 4.43. The highest BCUT2D eigenvalue weighted by Gasteiger charge is 2.36. The molecule has 0 aliphatic carbocycles. The summed E-state index contributed by atoms with van der Waals surface area (Å²) in [4.78, 5) is 12.2. The summed E-state index contributed by atoms with van der Waals surface area (Å²) >= 11 is 18.3. The van der Waals surface area contributed by atoms with E-state index < -0.39 is 34.2 Å². The third-order valence-corrected chi connectivity index (χ3v) is 6.56. The molecule has 0 aromatic heterocycles. The van der Waals surface area contributed by atoms with E-state index in [1.807, 2.05) is 0 Å². The van der Waals surface area contributed by atoms with Crippen molar-refractivity contribution in [3.05, 3.63) is 67.6 Å². The van der Waals surface area contributed by atoms with Gasteiger partial charge in [-0.15, -0.1) is 23.2 Å². The van der Waals surface area contributed by atoms with E-state index in [4.69, 9.17) is 23.2 Å². The summed E-state index contributed by atoms with van der Waals surface area (Å²) in [7, 11) is 0. The number of rotatable bonds is 8. The first-order valence-corrected chi connectivity index (χ1v) is 11.7. The Hall–Kier alpha value is -0.770. The molecule has 176 valence electrons. The predicted octanol–water partition coefficient (Wildman–Crippen LogP) is 9.64. The number of hydrogen-bond donors (Lipinski definition) is 0. The van der Waals surface area contributed by atoms with Crippen LogP contribution in [0.4, 0.5) is 26.3 Å². The topological polar surface area (TPSA) is 17.1 Å².